The highest BCUT2D eigenvalue weighted by atomic mass is 32.2. The van der Waals surface area contributed by atoms with E-state index in [9.17, 15) is 82.4 Å². The lowest BCUT2D eigenvalue weighted by Gasteiger charge is -2.36. The largest absolute Gasteiger partial charge is 0.508 e. The van der Waals surface area contributed by atoms with Crippen molar-refractivity contribution in [3.8, 4) is 23.0 Å². The van der Waals surface area contributed by atoms with E-state index >= 15 is 0 Å². The third-order valence-electron chi connectivity index (χ3n) is 17.0. The van der Waals surface area contributed by atoms with Gasteiger partial charge in [0.1, 0.15) is 78.5 Å². The van der Waals surface area contributed by atoms with Crippen molar-refractivity contribution in [3.63, 3.8) is 0 Å². The molecule has 0 saturated carbocycles. The third kappa shape index (κ3) is 27.2. The molecule has 4 aromatic rings. The number of unbranched alkanes of at least 4 members (excludes halogenated alkanes) is 1. The number of thiol groups is 2. The van der Waals surface area contributed by atoms with Gasteiger partial charge in [-0.2, -0.15) is 25.3 Å². The molecule has 1 spiro atoms. The molecule has 41 heteroatoms. The number of nitrogens with one attached hydrogen (secondary N) is 13. The maximum absolute atomic E-state index is 14.6. The topological polar surface area (TPSA) is 570 Å². The Bertz CT molecular complexity index is 4000. The molecule has 7 atom stereocenters. The highest BCUT2D eigenvalue weighted by molar-refractivity contribution is 8.00. The molecule has 4 aromatic carbocycles. The third-order valence-corrected chi connectivity index (χ3v) is 18.7. The van der Waals surface area contributed by atoms with E-state index in [1.54, 1.807) is 30.3 Å². The summed E-state index contributed by atoms with van der Waals surface area (Å²) < 4.78 is 33.5. The number of aliphatic carboxylic acids is 2. The molecular weight excluding hydrogens is 1530 g/mol. The van der Waals surface area contributed by atoms with Crippen molar-refractivity contribution in [1.29, 1.82) is 5.41 Å². The summed E-state index contributed by atoms with van der Waals surface area (Å²) in [6, 6.07) is 10.0. The number of phenolic OH excluding ortho intramolecular Hbond substituents is 2. The predicted molar refractivity (Wildman–Crippen MR) is 404 cm³/mol. The molecule has 606 valence electrons. The van der Waals surface area contributed by atoms with Gasteiger partial charge in [-0.15, -0.1) is 11.8 Å². The van der Waals surface area contributed by atoms with Crippen molar-refractivity contribution in [2.24, 2.45) is 5.73 Å². The highest BCUT2D eigenvalue weighted by Crippen LogP contribution is 2.57. The standard InChI is InChI=1S/C71H90N14O24S3/c72-70(73)77-18-6-10-47-62(96)78-32-56(88)80-50(31-59(91)92)66(100)84-52(36-111)68(102)82-49(27-39-7-2-1-3-8-39)65(99)85-53(63(97)76-20-22-105-24-26-106-25-23-104-21-19-74-57(89)33-107-34-60(93)94)37-112-38-58(90)79-48(64(98)83-51(35-110)67(101)81-47)9-4-5-17-75-61(95)40-11-14-43-46(28-40)71(109-69(43)103)44-15-12-41(86)29-54(44)108-55-30-42(87)13-16-45(55)71/h1-3,7-8,11-16,28-30,47-53,86-87,110-111H,4-6,9-10,17-27,31-38H2,(H,74,89)(H,75,95)(H,76,97)(H,78,96)(H,79,90)(H,80,88)(H,81,101)(H,82,102)(H,83,98)(H,84,100)(H,85,99)(H,91,92)(H,93,94)(H4,72,73,77)/t47-,48-,49-,50-,51-,52-,53-/m0/s1. The molecule has 0 unspecified atom stereocenters. The Hall–Kier alpha value is -11.0. The number of rotatable bonds is 33. The lowest BCUT2D eigenvalue weighted by Crippen LogP contribution is -2.60. The molecule has 38 nitrogen and oxygen atoms in total. The van der Waals surface area contributed by atoms with E-state index in [1.807, 2.05) is 0 Å². The molecule has 112 heavy (non-hydrogen) atoms. The van der Waals surface area contributed by atoms with E-state index in [0.717, 1.165) is 11.8 Å². The van der Waals surface area contributed by atoms with Crippen molar-refractivity contribution in [2.45, 2.75) is 92.8 Å². The quantitative estimate of drug-likeness (QED) is 0.00745. The number of hydrogen-bond acceptors (Lipinski definition) is 26. The number of esters is 1. The van der Waals surface area contributed by atoms with Crippen LogP contribution in [0.3, 0.4) is 0 Å². The zero-order valence-corrected chi connectivity index (χ0v) is 63.0. The van der Waals surface area contributed by atoms with Crippen LogP contribution >= 0.6 is 37.0 Å². The number of carbonyl (C=O) groups excluding carboxylic acids is 12. The van der Waals surface area contributed by atoms with E-state index < -0.39 is 180 Å². The van der Waals surface area contributed by atoms with Crippen LogP contribution < -0.4 is 74.3 Å². The number of aromatic hydroxyl groups is 2. The maximum Gasteiger partial charge on any atom is 0.340 e. The van der Waals surface area contributed by atoms with Crippen LogP contribution in [0.25, 0.3) is 0 Å². The summed E-state index contributed by atoms with van der Waals surface area (Å²) in [7, 11) is 0. The van der Waals surface area contributed by atoms with E-state index in [-0.39, 0.29) is 150 Å². The molecule has 1 saturated heterocycles. The molecule has 19 N–H and O–H groups in total. The van der Waals surface area contributed by atoms with Gasteiger partial charge in [-0.25, -0.2) is 9.59 Å². The summed E-state index contributed by atoms with van der Waals surface area (Å²) in [6.45, 7) is -1.48. The summed E-state index contributed by atoms with van der Waals surface area (Å²) >= 11 is 9.39. The van der Waals surface area contributed by atoms with Gasteiger partial charge < -0.3 is 118 Å². The number of ether oxygens (including phenoxy) is 6. The summed E-state index contributed by atoms with van der Waals surface area (Å²) in [5, 5.41) is 77.3. The van der Waals surface area contributed by atoms with Crippen molar-refractivity contribution in [1.82, 2.24) is 63.8 Å². The van der Waals surface area contributed by atoms with E-state index in [2.05, 4.69) is 89.1 Å². The predicted octanol–water partition coefficient (Wildman–Crippen LogP) is -2.95. The molecule has 11 amide bonds. The van der Waals surface area contributed by atoms with E-state index in [0.29, 0.717) is 16.7 Å². The molecule has 3 aliphatic heterocycles. The Labute approximate surface area is 656 Å². The number of carboxylic acid groups (broad SMARTS) is 2. The van der Waals surface area contributed by atoms with Crippen molar-refractivity contribution >= 4 is 126 Å². The number of benzene rings is 4. The zero-order chi connectivity index (χ0) is 81.3. The van der Waals surface area contributed by atoms with Crippen LogP contribution in [0.4, 0.5) is 0 Å². The van der Waals surface area contributed by atoms with Gasteiger partial charge >= 0.3 is 17.9 Å². The summed E-state index contributed by atoms with van der Waals surface area (Å²) in [4.78, 5) is 189. The molecule has 0 aliphatic carbocycles. The first-order valence-electron chi connectivity index (χ1n) is 35.3. The average Bonchev–Trinajstić information content (AvgIpc) is 1.50. The number of fused-ring (bicyclic) bond motifs is 6. The SMILES string of the molecule is N=C(N)NCCC[C@@H]1NC(=O)[C@H](CS)NC(=O)[C@H](CCCCNC(=O)c2ccc3c(c2)C2(OC3=O)c3ccc(O)cc3Oc3cc(O)ccc32)NC(=O)CSC[C@@H](C(=O)NCCOCCOCCOCCNC(=O)COCC(=O)O)NC(=O)[C@H](Cc2ccccc2)NC(=O)[C@H](CS)NC(=O)[C@H](CC(=O)O)NC(=O)CNC1=O. The van der Waals surface area contributed by atoms with Gasteiger partial charge in [0.2, 0.25) is 59.1 Å². The number of hydrogen-bond donors (Lipinski definition) is 20. The van der Waals surface area contributed by atoms with Crippen LogP contribution in [0, 0.1) is 5.41 Å². The van der Waals surface area contributed by atoms with Crippen LogP contribution in [0.5, 0.6) is 23.0 Å². The van der Waals surface area contributed by atoms with Crippen molar-refractivity contribution < 1.29 is 116 Å². The number of nitrogens with two attached hydrogens (primary N) is 1. The summed E-state index contributed by atoms with van der Waals surface area (Å²) in [6.07, 6.45) is -1.25. The second-order valence-corrected chi connectivity index (χ2v) is 27.1. The fourth-order valence-corrected chi connectivity index (χ4v) is 12.9. The lowest BCUT2D eigenvalue weighted by atomic mass is 9.77. The van der Waals surface area contributed by atoms with Gasteiger partial charge in [-0.3, -0.25) is 62.9 Å². The molecule has 3 aliphatic rings. The fraction of sp³-hybridized carbons (Fsp3) is 0.451. The molecular formula is C71H90N14O24S3. The molecule has 7 rings (SSSR count). The number of thioether (sulfide) groups is 1. The van der Waals surface area contributed by atoms with Gasteiger partial charge in [-0.05, 0) is 80.1 Å². The number of amides is 11. The van der Waals surface area contributed by atoms with E-state index in [1.165, 1.54) is 54.6 Å². The van der Waals surface area contributed by atoms with Crippen LogP contribution in [-0.2, 0) is 93.2 Å². The van der Waals surface area contributed by atoms with Gasteiger partial charge in [-0.1, -0.05) is 30.3 Å². The normalized spacial score (nSPS) is 19.7. The second-order valence-electron chi connectivity index (χ2n) is 25.3. The van der Waals surface area contributed by atoms with Gasteiger partial charge in [0.15, 0.2) is 11.6 Å². The number of carbonyl (C=O) groups is 14. The first kappa shape index (κ1) is 88.2. The van der Waals surface area contributed by atoms with Gasteiger partial charge in [0.25, 0.3) is 5.91 Å². The summed E-state index contributed by atoms with van der Waals surface area (Å²) in [5.74, 6) is -15.6. The van der Waals surface area contributed by atoms with Gasteiger partial charge in [0, 0.05) is 84.2 Å². The molecule has 0 radical (unpaired) electrons. The lowest BCUT2D eigenvalue weighted by molar-refractivity contribution is -0.144. The highest BCUT2D eigenvalue weighted by Gasteiger charge is 2.54. The molecule has 1 fully saturated rings. The average molecular weight is 1620 g/mol. The van der Waals surface area contributed by atoms with Crippen molar-refractivity contribution in [2.75, 3.05) is 109 Å². The minimum absolute atomic E-state index is 0.0197. The first-order chi connectivity index (χ1) is 53.7. The number of carboxylic acids is 2. The Morgan fingerprint density at radius 1 is 0.554 bits per heavy atom. The molecule has 0 aromatic heterocycles. The second kappa shape index (κ2) is 44.8. The van der Waals surface area contributed by atoms with Gasteiger partial charge in [0.05, 0.1) is 63.9 Å². The molecule has 0 bridgehead atoms. The minimum atomic E-state index is -1.89. The summed E-state index contributed by atoms with van der Waals surface area (Å²) in [5.41, 5.74) is 5.39. The number of guanidine groups is 1. The fourth-order valence-electron chi connectivity index (χ4n) is 11.6. The Balaban J connectivity index is 1.09. The van der Waals surface area contributed by atoms with Crippen LogP contribution in [0.2, 0.25) is 0 Å². The Kier molecular flexibility index (Phi) is 35.3. The van der Waals surface area contributed by atoms with Crippen LogP contribution in [0.15, 0.2) is 84.9 Å². The van der Waals surface area contributed by atoms with Crippen molar-refractivity contribution in [3.05, 3.63) is 118 Å². The zero-order valence-electron chi connectivity index (χ0n) is 60.4. The number of phenols is 2. The van der Waals surface area contributed by atoms with E-state index in [4.69, 9.17) is 44.7 Å². The van der Waals surface area contributed by atoms with Crippen LogP contribution in [-0.4, -0.2) is 260 Å². The Morgan fingerprint density at radius 3 is 1.72 bits per heavy atom. The smallest absolute Gasteiger partial charge is 0.340 e. The Morgan fingerprint density at radius 2 is 1.11 bits per heavy atom. The molecule has 3 heterocycles. The maximum atomic E-state index is 14.6. The monoisotopic (exact) mass is 1620 g/mol. The van der Waals surface area contributed by atoms with Crippen LogP contribution in [0.1, 0.15) is 81.5 Å². The first-order valence-corrected chi connectivity index (χ1v) is 37.7. The minimum Gasteiger partial charge on any atom is -0.508 e.